The molecule has 0 bridgehead atoms. The van der Waals surface area contributed by atoms with Gasteiger partial charge in [0.1, 0.15) is 43.3 Å². The third-order valence-corrected chi connectivity index (χ3v) is 17.2. The van der Waals surface area contributed by atoms with Gasteiger partial charge in [0.2, 0.25) is 0 Å². The van der Waals surface area contributed by atoms with Crippen molar-refractivity contribution in [2.75, 3.05) is 45.1 Å². The summed E-state index contributed by atoms with van der Waals surface area (Å²) in [6.07, 6.45) is 2.55. The summed E-state index contributed by atoms with van der Waals surface area (Å²) in [4.78, 5) is 16.2. The smallest absolute Gasteiger partial charge is 0.319 e. The van der Waals surface area contributed by atoms with Gasteiger partial charge in [0.25, 0.3) is 0 Å². The Hall–Kier alpha value is -3.89. The zero-order chi connectivity index (χ0) is 38.0. The molecule has 4 aromatic rings. The van der Waals surface area contributed by atoms with Crippen LogP contribution >= 0.6 is 0 Å². The molecule has 2 fully saturated rings. The second-order valence-corrected chi connectivity index (χ2v) is 20.9. The van der Waals surface area contributed by atoms with Crippen molar-refractivity contribution < 1.29 is 32.8 Å². The molecule has 0 amide bonds. The fraction of sp³-hybridized carbons (Fsp3) is 0.537. The molecule has 2 aliphatic rings. The molecule has 2 aromatic heterocycles. The monoisotopic (exact) mass is 746 g/mol. The maximum Gasteiger partial charge on any atom is 0.319 e. The van der Waals surface area contributed by atoms with Crippen LogP contribution < -0.4 is 14.4 Å². The lowest BCUT2D eigenvalue weighted by Crippen LogP contribution is -2.43. The van der Waals surface area contributed by atoms with Crippen LogP contribution in [-0.4, -0.2) is 80.5 Å². The molecule has 2 saturated heterocycles. The second kappa shape index (κ2) is 16.2. The Morgan fingerprint density at radius 3 is 2.40 bits per heavy atom. The summed E-state index contributed by atoms with van der Waals surface area (Å²) < 4.78 is 56.5. The number of ether oxygens (including phenoxy) is 4. The van der Waals surface area contributed by atoms with Gasteiger partial charge in [-0.3, -0.25) is 0 Å². The maximum absolute atomic E-state index is 17.4. The standard InChI is InChI=1S/C41H52F2N4O5Si/c1-24(2)53(25(3)4,26(5)6)18-15-32-34(42)14-13-28-19-31(52-23-49-8)20-33(36(28)32)38-37(43)39-35(27(7)44-38)40(47-16-9-11-29(48)21-47)46-41(45-39)51-22-30-12-10-17-50-30/h13-14,19-20,24-26,29-30,48H,9-12,16-17,21-23H2,1-8H3/t29?,30-/m1/s1. The molecule has 0 aliphatic carbocycles. The molecular formula is C41H52F2N4O5Si. The van der Waals surface area contributed by atoms with Crippen molar-refractivity contribution in [3.05, 3.63) is 47.2 Å². The number of aliphatic hydroxyl groups is 1. The summed E-state index contributed by atoms with van der Waals surface area (Å²) in [5.41, 5.74) is 5.64. The lowest BCUT2D eigenvalue weighted by Gasteiger charge is -2.38. The third-order valence-electron chi connectivity index (χ3n) is 11.0. The van der Waals surface area contributed by atoms with Crippen molar-refractivity contribution in [1.29, 1.82) is 0 Å². The molecule has 0 saturated carbocycles. The Morgan fingerprint density at radius 1 is 0.981 bits per heavy atom. The largest absolute Gasteiger partial charge is 0.468 e. The summed E-state index contributed by atoms with van der Waals surface area (Å²) in [6, 6.07) is 6.51. The molecule has 53 heavy (non-hydrogen) atoms. The van der Waals surface area contributed by atoms with Crippen molar-refractivity contribution >= 4 is 35.6 Å². The van der Waals surface area contributed by atoms with Crippen molar-refractivity contribution in [3.8, 4) is 34.5 Å². The number of β-amino-alcohol motifs (C(OH)–C–C–N with tert-alkyl or cyclic N) is 1. The Balaban J connectivity index is 1.62. The molecule has 12 heteroatoms. The van der Waals surface area contributed by atoms with Gasteiger partial charge in [-0.15, -0.1) is 5.54 Å². The number of aliphatic hydroxyl groups excluding tert-OH is 1. The number of aryl methyl sites for hydroxylation is 1. The van der Waals surface area contributed by atoms with Crippen LogP contribution in [0, 0.1) is 30.0 Å². The first-order valence-electron chi connectivity index (χ1n) is 18.8. The van der Waals surface area contributed by atoms with E-state index >= 15 is 8.78 Å². The summed E-state index contributed by atoms with van der Waals surface area (Å²) in [6.45, 7) is 16.8. The number of halogens is 2. The van der Waals surface area contributed by atoms with E-state index in [-0.39, 0.29) is 42.3 Å². The molecule has 9 nitrogen and oxygen atoms in total. The number of aromatic nitrogens is 3. The van der Waals surface area contributed by atoms with E-state index < -0.39 is 25.8 Å². The first-order valence-corrected chi connectivity index (χ1v) is 21.1. The van der Waals surface area contributed by atoms with Crippen molar-refractivity contribution in [2.45, 2.75) is 103 Å². The van der Waals surface area contributed by atoms with E-state index in [0.717, 1.165) is 19.3 Å². The van der Waals surface area contributed by atoms with Crippen LogP contribution in [0.15, 0.2) is 24.3 Å². The van der Waals surface area contributed by atoms with Crippen LogP contribution in [0.3, 0.4) is 0 Å². The Bertz CT molecular complexity index is 2000. The van der Waals surface area contributed by atoms with E-state index in [2.05, 4.69) is 58.0 Å². The topological polar surface area (TPSA) is 99.1 Å². The van der Waals surface area contributed by atoms with Crippen LogP contribution in [0.25, 0.3) is 32.9 Å². The van der Waals surface area contributed by atoms with Gasteiger partial charge in [0.15, 0.2) is 12.6 Å². The van der Waals surface area contributed by atoms with Crippen molar-refractivity contribution in [1.82, 2.24) is 15.0 Å². The molecule has 4 heterocycles. The Morgan fingerprint density at radius 2 is 1.74 bits per heavy atom. The highest BCUT2D eigenvalue weighted by atomic mass is 28.3. The summed E-state index contributed by atoms with van der Waals surface area (Å²) >= 11 is 0. The fourth-order valence-corrected chi connectivity index (χ4v) is 13.6. The number of fused-ring (bicyclic) bond motifs is 2. The molecular weight excluding hydrogens is 695 g/mol. The Labute approximate surface area is 312 Å². The minimum atomic E-state index is -2.28. The average molecular weight is 747 g/mol. The number of benzene rings is 2. The lowest BCUT2D eigenvalue weighted by atomic mass is 9.95. The number of rotatable bonds is 11. The predicted octanol–water partition coefficient (Wildman–Crippen LogP) is 8.50. The third kappa shape index (κ3) is 7.72. The SMILES string of the molecule is COCOc1cc(-c2nc(C)c3c(N4CCCC(O)C4)nc(OC[C@H]4CCCO4)nc3c2F)c2c(C#C[Si](C(C)C)(C(C)C)C(C)C)c(F)ccc2c1. The van der Waals surface area contributed by atoms with E-state index in [0.29, 0.717) is 81.7 Å². The van der Waals surface area contributed by atoms with Gasteiger partial charge >= 0.3 is 6.01 Å². The maximum atomic E-state index is 17.4. The van der Waals surface area contributed by atoms with Crippen LogP contribution in [-0.2, 0) is 9.47 Å². The number of hydrogen-bond acceptors (Lipinski definition) is 9. The van der Waals surface area contributed by atoms with Crippen molar-refractivity contribution in [3.63, 3.8) is 0 Å². The number of methoxy groups -OCH3 is 1. The molecule has 1 unspecified atom stereocenters. The van der Waals surface area contributed by atoms with Gasteiger partial charge in [0, 0.05) is 37.8 Å². The minimum Gasteiger partial charge on any atom is -0.468 e. The molecule has 2 aliphatic heterocycles. The van der Waals surface area contributed by atoms with Crippen LogP contribution in [0.1, 0.15) is 78.5 Å². The molecule has 0 spiro atoms. The highest BCUT2D eigenvalue weighted by Crippen LogP contribution is 2.43. The van der Waals surface area contributed by atoms with Crippen LogP contribution in [0.2, 0.25) is 16.6 Å². The highest BCUT2D eigenvalue weighted by molar-refractivity contribution is 6.90. The fourth-order valence-electron chi connectivity index (χ4n) is 8.40. The van der Waals surface area contributed by atoms with E-state index in [9.17, 15) is 5.11 Å². The van der Waals surface area contributed by atoms with E-state index in [4.69, 9.17) is 28.9 Å². The predicted molar refractivity (Wildman–Crippen MR) is 207 cm³/mol. The zero-order valence-corrected chi connectivity index (χ0v) is 33.2. The zero-order valence-electron chi connectivity index (χ0n) is 32.2. The van der Waals surface area contributed by atoms with Gasteiger partial charge in [0.05, 0.1) is 28.9 Å². The first-order chi connectivity index (χ1) is 25.3. The van der Waals surface area contributed by atoms with Gasteiger partial charge < -0.3 is 29.0 Å². The van der Waals surface area contributed by atoms with Gasteiger partial charge in [-0.1, -0.05) is 53.5 Å². The second-order valence-electron chi connectivity index (χ2n) is 15.3. The van der Waals surface area contributed by atoms with E-state index in [1.165, 1.54) is 13.2 Å². The highest BCUT2D eigenvalue weighted by Gasteiger charge is 2.42. The summed E-state index contributed by atoms with van der Waals surface area (Å²) in [5, 5.41) is 12.1. The van der Waals surface area contributed by atoms with Crippen LogP contribution in [0.5, 0.6) is 11.8 Å². The van der Waals surface area contributed by atoms with E-state index in [1.807, 2.05) is 4.90 Å². The van der Waals surface area contributed by atoms with E-state index in [1.54, 1.807) is 25.1 Å². The van der Waals surface area contributed by atoms with Gasteiger partial charge in [-0.2, -0.15) is 9.97 Å². The first kappa shape index (κ1) is 38.8. The van der Waals surface area contributed by atoms with Gasteiger partial charge in [-0.25, -0.2) is 13.8 Å². The number of anilines is 1. The number of hydrogen-bond donors (Lipinski definition) is 1. The molecule has 284 valence electrons. The average Bonchev–Trinajstić information content (AvgIpc) is 3.65. The molecule has 2 aromatic carbocycles. The molecule has 0 radical (unpaired) electrons. The quantitative estimate of drug-likeness (QED) is 0.0921. The molecule has 2 atom stereocenters. The molecule has 1 N–H and O–H groups in total. The van der Waals surface area contributed by atoms with Crippen molar-refractivity contribution in [2.24, 2.45) is 0 Å². The number of nitrogens with zero attached hydrogens (tertiary/aromatic N) is 4. The normalized spacial score (nSPS) is 18.0. The Kier molecular flexibility index (Phi) is 11.9. The minimum absolute atomic E-state index is 0.00973. The number of piperidine rings is 1. The summed E-state index contributed by atoms with van der Waals surface area (Å²) in [5.74, 6) is 2.97. The van der Waals surface area contributed by atoms with Crippen LogP contribution in [0.4, 0.5) is 14.6 Å². The summed E-state index contributed by atoms with van der Waals surface area (Å²) in [7, 11) is -0.757. The molecule has 6 rings (SSSR count). The number of pyridine rings is 1. The lowest BCUT2D eigenvalue weighted by molar-refractivity contribution is 0.0512. The van der Waals surface area contributed by atoms with Gasteiger partial charge in [-0.05, 0) is 72.8 Å².